The normalized spacial score (nSPS) is 9.00. The van der Waals surface area contributed by atoms with E-state index in [1.165, 1.54) is 0 Å². The third-order valence-electron chi connectivity index (χ3n) is 1.04. The summed E-state index contributed by atoms with van der Waals surface area (Å²) < 4.78 is 4.93. The second-order valence-corrected chi connectivity index (χ2v) is 2.15. The molecule has 0 spiro atoms. The molecule has 1 aromatic carbocycles. The smallest absolute Gasteiger partial charge is 0.120 e. The van der Waals surface area contributed by atoms with Crippen molar-refractivity contribution in [1.82, 2.24) is 0 Å². The van der Waals surface area contributed by atoms with Crippen LogP contribution in [0.3, 0.4) is 0 Å². The van der Waals surface area contributed by atoms with Gasteiger partial charge in [-0.25, -0.2) is 0 Å². The van der Waals surface area contributed by atoms with E-state index in [1.54, 1.807) is 7.11 Å². The van der Waals surface area contributed by atoms with Gasteiger partial charge in [-0.05, 0) is 18.2 Å². The monoisotopic (exact) mass is 139 g/mol. The third kappa shape index (κ3) is 1.57. The highest BCUT2D eigenvalue weighted by molar-refractivity contribution is 7.80. The van der Waals surface area contributed by atoms with Gasteiger partial charge in [0.25, 0.3) is 0 Å². The van der Waals surface area contributed by atoms with E-state index in [0.717, 1.165) is 10.6 Å². The van der Waals surface area contributed by atoms with Gasteiger partial charge in [-0.2, -0.15) is 0 Å². The SMILES string of the molecule is COc1cccc([S])c1. The van der Waals surface area contributed by atoms with Crippen LogP contribution in [0.15, 0.2) is 29.2 Å². The molecule has 2 heteroatoms. The van der Waals surface area contributed by atoms with Gasteiger partial charge in [0.2, 0.25) is 0 Å². The summed E-state index contributed by atoms with van der Waals surface area (Å²) in [4.78, 5) is 0.814. The quantitative estimate of drug-likeness (QED) is 0.579. The van der Waals surface area contributed by atoms with Crippen molar-refractivity contribution >= 4 is 12.6 Å². The van der Waals surface area contributed by atoms with Gasteiger partial charge >= 0.3 is 0 Å². The van der Waals surface area contributed by atoms with E-state index in [4.69, 9.17) is 17.4 Å². The lowest BCUT2D eigenvalue weighted by Gasteiger charge is -1.96. The van der Waals surface area contributed by atoms with Crippen LogP contribution in [-0.4, -0.2) is 7.11 Å². The number of hydrogen-bond donors (Lipinski definition) is 0. The van der Waals surface area contributed by atoms with Crippen molar-refractivity contribution in [3.63, 3.8) is 0 Å². The lowest BCUT2D eigenvalue weighted by atomic mass is 10.3. The first-order valence-corrected chi connectivity index (χ1v) is 3.05. The fraction of sp³-hybridized carbons (Fsp3) is 0.143. The third-order valence-corrected chi connectivity index (χ3v) is 1.30. The van der Waals surface area contributed by atoms with Crippen LogP contribution in [0.1, 0.15) is 0 Å². The van der Waals surface area contributed by atoms with Crippen LogP contribution < -0.4 is 4.74 Å². The Kier molecular flexibility index (Phi) is 1.90. The first-order valence-electron chi connectivity index (χ1n) is 2.64. The van der Waals surface area contributed by atoms with Crippen molar-refractivity contribution < 1.29 is 4.74 Å². The number of benzene rings is 1. The van der Waals surface area contributed by atoms with E-state index in [2.05, 4.69) is 0 Å². The van der Waals surface area contributed by atoms with Gasteiger partial charge in [-0.1, -0.05) is 18.7 Å². The summed E-state index contributed by atoms with van der Waals surface area (Å²) in [5.41, 5.74) is 0. The van der Waals surface area contributed by atoms with Crippen molar-refractivity contribution in [3.05, 3.63) is 24.3 Å². The molecule has 0 aliphatic carbocycles. The van der Waals surface area contributed by atoms with Crippen LogP contribution in [0, 0.1) is 0 Å². The average Bonchev–Trinajstić information content (AvgIpc) is 1.88. The van der Waals surface area contributed by atoms with E-state index < -0.39 is 0 Å². The summed E-state index contributed by atoms with van der Waals surface area (Å²) >= 11 is 4.89. The van der Waals surface area contributed by atoms with Gasteiger partial charge in [0, 0.05) is 4.90 Å². The molecule has 1 nitrogen and oxygen atoms in total. The van der Waals surface area contributed by atoms with Crippen LogP contribution in [0.25, 0.3) is 0 Å². The summed E-state index contributed by atoms with van der Waals surface area (Å²) in [5.74, 6) is 0.822. The van der Waals surface area contributed by atoms with Crippen LogP contribution in [0.2, 0.25) is 0 Å². The zero-order valence-electron chi connectivity index (χ0n) is 5.13. The topological polar surface area (TPSA) is 9.23 Å². The summed E-state index contributed by atoms with van der Waals surface area (Å²) in [7, 11) is 1.63. The van der Waals surface area contributed by atoms with E-state index in [1.807, 2.05) is 24.3 Å². The maximum absolute atomic E-state index is 4.93. The number of hydrogen-bond acceptors (Lipinski definition) is 1. The maximum Gasteiger partial charge on any atom is 0.120 e. The molecule has 0 aliphatic heterocycles. The average molecular weight is 139 g/mol. The Balaban J connectivity index is 2.94. The summed E-state index contributed by atoms with van der Waals surface area (Å²) in [6.07, 6.45) is 0. The summed E-state index contributed by atoms with van der Waals surface area (Å²) in [5, 5.41) is 0. The molecule has 1 radical (unpaired) electrons. The minimum atomic E-state index is 0.814. The van der Waals surface area contributed by atoms with Crippen LogP contribution in [0.4, 0.5) is 0 Å². The van der Waals surface area contributed by atoms with Crippen molar-refractivity contribution in [2.24, 2.45) is 0 Å². The molecule has 0 fully saturated rings. The Morgan fingerprint density at radius 3 is 2.67 bits per heavy atom. The number of methoxy groups -OCH3 is 1. The first kappa shape index (κ1) is 6.36. The summed E-state index contributed by atoms with van der Waals surface area (Å²) in [6.45, 7) is 0. The van der Waals surface area contributed by atoms with Crippen LogP contribution in [0.5, 0.6) is 5.75 Å². The number of rotatable bonds is 1. The van der Waals surface area contributed by atoms with Crippen molar-refractivity contribution in [2.45, 2.75) is 4.90 Å². The van der Waals surface area contributed by atoms with E-state index in [0.29, 0.717) is 0 Å². The van der Waals surface area contributed by atoms with Gasteiger partial charge in [-0.3, -0.25) is 0 Å². The molecule has 1 aromatic rings. The Labute approximate surface area is 60.1 Å². The van der Waals surface area contributed by atoms with Gasteiger partial charge in [-0.15, -0.1) is 0 Å². The lowest BCUT2D eigenvalue weighted by molar-refractivity contribution is 0.413. The lowest BCUT2D eigenvalue weighted by Crippen LogP contribution is -1.80. The minimum Gasteiger partial charge on any atom is -0.497 e. The predicted octanol–water partition coefficient (Wildman–Crippen LogP) is 2.25. The molecule has 0 unspecified atom stereocenters. The molecular weight excluding hydrogens is 132 g/mol. The molecule has 0 atom stereocenters. The zero-order chi connectivity index (χ0) is 6.69. The number of ether oxygens (including phenoxy) is 1. The largest absolute Gasteiger partial charge is 0.497 e. The Morgan fingerprint density at radius 2 is 2.22 bits per heavy atom. The maximum atomic E-state index is 4.93. The first-order chi connectivity index (χ1) is 4.33. The Hall–Kier alpha value is -0.760. The molecule has 0 heterocycles. The highest BCUT2D eigenvalue weighted by Crippen LogP contribution is 2.14. The zero-order valence-corrected chi connectivity index (χ0v) is 5.94. The molecule has 0 bridgehead atoms. The van der Waals surface area contributed by atoms with Crippen LogP contribution in [-0.2, 0) is 0 Å². The molecule has 0 aliphatic rings. The second-order valence-electron chi connectivity index (χ2n) is 1.68. The van der Waals surface area contributed by atoms with Gasteiger partial charge in [0.1, 0.15) is 5.75 Å². The molecule has 9 heavy (non-hydrogen) atoms. The Morgan fingerprint density at radius 1 is 1.44 bits per heavy atom. The molecule has 0 amide bonds. The molecule has 0 aromatic heterocycles. The molecular formula is C7H7OS. The van der Waals surface area contributed by atoms with Crippen LogP contribution >= 0.6 is 12.6 Å². The van der Waals surface area contributed by atoms with Crippen molar-refractivity contribution in [2.75, 3.05) is 7.11 Å². The minimum absolute atomic E-state index is 0.814. The molecule has 0 saturated heterocycles. The van der Waals surface area contributed by atoms with Crippen molar-refractivity contribution in [3.8, 4) is 5.75 Å². The summed E-state index contributed by atoms with van der Waals surface area (Å²) in [6, 6.07) is 7.42. The van der Waals surface area contributed by atoms with E-state index in [9.17, 15) is 0 Å². The van der Waals surface area contributed by atoms with Gasteiger partial charge in [0.15, 0.2) is 0 Å². The van der Waals surface area contributed by atoms with Crippen molar-refractivity contribution in [1.29, 1.82) is 0 Å². The van der Waals surface area contributed by atoms with Gasteiger partial charge in [0.05, 0.1) is 7.11 Å². The highest BCUT2D eigenvalue weighted by Gasteiger charge is 1.88. The molecule has 0 saturated carbocycles. The fourth-order valence-electron chi connectivity index (χ4n) is 0.601. The second kappa shape index (κ2) is 2.69. The molecule has 1 rings (SSSR count). The Bertz CT molecular complexity index is 198. The molecule has 0 N–H and O–H groups in total. The standard InChI is InChI=1S/C7H7OS/c1-8-6-3-2-4-7(9)5-6/h2-5H,1H3. The van der Waals surface area contributed by atoms with E-state index >= 15 is 0 Å². The van der Waals surface area contributed by atoms with E-state index in [-0.39, 0.29) is 0 Å². The highest BCUT2D eigenvalue weighted by atomic mass is 32.1. The molecule has 47 valence electrons. The fourth-order valence-corrected chi connectivity index (χ4v) is 0.796. The predicted molar refractivity (Wildman–Crippen MR) is 38.9 cm³/mol. The van der Waals surface area contributed by atoms with Gasteiger partial charge < -0.3 is 4.74 Å².